The summed E-state index contributed by atoms with van der Waals surface area (Å²) in [6.07, 6.45) is -0.190. The van der Waals surface area contributed by atoms with E-state index in [1.807, 2.05) is 30.3 Å². The van der Waals surface area contributed by atoms with Gasteiger partial charge in [-0.25, -0.2) is 0 Å². The lowest BCUT2D eigenvalue weighted by Gasteiger charge is -2.27. The molecule has 0 bridgehead atoms. The van der Waals surface area contributed by atoms with Crippen molar-refractivity contribution in [1.29, 1.82) is 0 Å². The van der Waals surface area contributed by atoms with Crippen LogP contribution in [0.1, 0.15) is 34.5 Å². The molecular weight excluding hydrogens is 430 g/mol. The third kappa shape index (κ3) is 3.42. The monoisotopic (exact) mass is 453 g/mol. The van der Waals surface area contributed by atoms with Gasteiger partial charge in [-0.2, -0.15) is 0 Å². The number of para-hydroxylation sites is 2. The van der Waals surface area contributed by atoms with E-state index in [4.69, 9.17) is 9.73 Å². The summed E-state index contributed by atoms with van der Waals surface area (Å²) in [6, 6.07) is 39.8. The molecular formula is C31H23N3O. The second-order valence-electron chi connectivity index (χ2n) is 8.93. The number of fused-ring (bicyclic) bond motifs is 4. The number of hydrogen-bond donors (Lipinski definition) is 2. The van der Waals surface area contributed by atoms with Gasteiger partial charge >= 0.3 is 0 Å². The maximum atomic E-state index is 6.09. The number of hydrogen-bond acceptors (Lipinski definition) is 4. The summed E-state index contributed by atoms with van der Waals surface area (Å²) in [7, 11) is 0. The Bertz CT molecular complexity index is 1550. The first-order valence-electron chi connectivity index (χ1n) is 11.9. The van der Waals surface area contributed by atoms with Crippen LogP contribution in [0.4, 0.5) is 11.4 Å². The van der Waals surface area contributed by atoms with Gasteiger partial charge in [-0.1, -0.05) is 103 Å². The minimum Gasteiger partial charge on any atom is -0.464 e. The summed E-state index contributed by atoms with van der Waals surface area (Å²) in [6.45, 7) is 0. The van der Waals surface area contributed by atoms with Gasteiger partial charge in [-0.15, -0.1) is 0 Å². The SMILES string of the molecule is c1ccc(C2N=C(c3ccc(C4Nc5ccccc5O4)cc3)Nc3c2ccc2ccccc32)cc1. The first kappa shape index (κ1) is 19.9. The van der Waals surface area contributed by atoms with Crippen molar-refractivity contribution in [3.05, 3.63) is 138 Å². The predicted molar refractivity (Wildman–Crippen MR) is 142 cm³/mol. The highest BCUT2D eigenvalue weighted by molar-refractivity contribution is 6.14. The molecule has 2 unspecified atom stereocenters. The molecule has 2 atom stereocenters. The zero-order chi connectivity index (χ0) is 23.2. The standard InChI is InChI=1S/C31H23N3O/c1-2-9-21(10-3-1)28-25-19-18-20-8-4-5-11-24(20)29(25)34-30(33-28)22-14-16-23(17-15-22)31-32-26-12-6-7-13-27(26)35-31/h1-19,28,31-32H,(H,33,34). The molecule has 2 heterocycles. The topological polar surface area (TPSA) is 45.7 Å². The average Bonchev–Trinajstić information content (AvgIpc) is 3.37. The second-order valence-corrected chi connectivity index (χ2v) is 8.93. The van der Waals surface area contributed by atoms with Crippen molar-refractivity contribution in [2.75, 3.05) is 10.6 Å². The predicted octanol–water partition coefficient (Wildman–Crippen LogP) is 7.30. The molecule has 0 aromatic heterocycles. The molecule has 0 amide bonds. The van der Waals surface area contributed by atoms with Crippen molar-refractivity contribution in [3.8, 4) is 5.75 Å². The van der Waals surface area contributed by atoms with Gasteiger partial charge in [0.15, 0.2) is 6.23 Å². The largest absolute Gasteiger partial charge is 0.464 e. The van der Waals surface area contributed by atoms with Crippen LogP contribution in [-0.4, -0.2) is 5.84 Å². The summed E-state index contributed by atoms with van der Waals surface area (Å²) in [5, 5.41) is 9.52. The van der Waals surface area contributed by atoms with E-state index in [0.717, 1.165) is 34.1 Å². The van der Waals surface area contributed by atoms with E-state index in [2.05, 4.69) is 95.6 Å². The van der Waals surface area contributed by atoms with E-state index in [1.54, 1.807) is 0 Å². The third-order valence-corrected chi connectivity index (χ3v) is 6.78. The molecule has 4 heteroatoms. The Hall–Kier alpha value is -4.57. The summed E-state index contributed by atoms with van der Waals surface area (Å²) >= 11 is 0. The van der Waals surface area contributed by atoms with Gasteiger partial charge < -0.3 is 15.4 Å². The fourth-order valence-electron chi connectivity index (χ4n) is 4.99. The van der Waals surface area contributed by atoms with Crippen molar-refractivity contribution in [2.24, 2.45) is 4.99 Å². The first-order valence-corrected chi connectivity index (χ1v) is 11.9. The van der Waals surface area contributed by atoms with Crippen molar-refractivity contribution in [1.82, 2.24) is 0 Å². The third-order valence-electron chi connectivity index (χ3n) is 6.78. The van der Waals surface area contributed by atoms with E-state index >= 15 is 0 Å². The Labute approximate surface area is 203 Å². The maximum absolute atomic E-state index is 6.09. The highest BCUT2D eigenvalue weighted by Gasteiger charge is 2.26. The molecule has 0 aliphatic carbocycles. The smallest absolute Gasteiger partial charge is 0.196 e. The number of benzene rings is 5. The molecule has 0 saturated heterocycles. The van der Waals surface area contributed by atoms with E-state index in [1.165, 1.54) is 21.9 Å². The average molecular weight is 454 g/mol. The summed E-state index contributed by atoms with van der Waals surface area (Å²) < 4.78 is 6.09. The second kappa shape index (κ2) is 8.03. The van der Waals surface area contributed by atoms with Crippen molar-refractivity contribution in [3.63, 3.8) is 0 Å². The molecule has 4 nitrogen and oxygen atoms in total. The molecule has 0 spiro atoms. The lowest BCUT2D eigenvalue weighted by Crippen LogP contribution is -2.22. The molecule has 35 heavy (non-hydrogen) atoms. The summed E-state index contributed by atoms with van der Waals surface area (Å²) in [5.41, 5.74) is 6.64. The van der Waals surface area contributed by atoms with Crippen LogP contribution in [-0.2, 0) is 0 Å². The Balaban J connectivity index is 1.27. The quantitative estimate of drug-likeness (QED) is 0.301. The molecule has 5 aromatic carbocycles. The van der Waals surface area contributed by atoms with E-state index in [0.29, 0.717) is 0 Å². The number of ether oxygens (including phenoxy) is 1. The Morgan fingerprint density at radius 3 is 2.29 bits per heavy atom. The highest BCUT2D eigenvalue weighted by atomic mass is 16.5. The number of aliphatic imine (C=N–C) groups is 1. The van der Waals surface area contributed by atoms with Crippen LogP contribution in [0.15, 0.2) is 120 Å². The van der Waals surface area contributed by atoms with Crippen LogP contribution < -0.4 is 15.4 Å². The fourth-order valence-corrected chi connectivity index (χ4v) is 4.99. The number of amidine groups is 1. The number of anilines is 2. The van der Waals surface area contributed by atoms with Gasteiger partial charge in [0.1, 0.15) is 17.6 Å². The molecule has 0 saturated carbocycles. The normalized spacial score (nSPS) is 18.0. The molecule has 0 radical (unpaired) electrons. The molecule has 7 rings (SSSR count). The zero-order valence-electron chi connectivity index (χ0n) is 19.0. The fraction of sp³-hybridized carbons (Fsp3) is 0.0645. The van der Waals surface area contributed by atoms with Crippen LogP contribution >= 0.6 is 0 Å². The minimum atomic E-state index is -0.190. The van der Waals surface area contributed by atoms with Crippen molar-refractivity contribution < 1.29 is 4.74 Å². The Morgan fingerprint density at radius 1 is 0.657 bits per heavy atom. The molecule has 2 aliphatic heterocycles. The first-order chi connectivity index (χ1) is 17.3. The van der Waals surface area contributed by atoms with Crippen LogP contribution in [0, 0.1) is 0 Å². The minimum absolute atomic E-state index is 0.0685. The van der Waals surface area contributed by atoms with Crippen molar-refractivity contribution >= 4 is 28.0 Å². The van der Waals surface area contributed by atoms with Crippen molar-refractivity contribution in [2.45, 2.75) is 12.3 Å². The van der Waals surface area contributed by atoms with Gasteiger partial charge in [0.05, 0.1) is 11.4 Å². The van der Waals surface area contributed by atoms with Gasteiger partial charge in [0.2, 0.25) is 0 Å². The van der Waals surface area contributed by atoms with Gasteiger partial charge in [-0.3, -0.25) is 4.99 Å². The Morgan fingerprint density at radius 2 is 1.43 bits per heavy atom. The molecule has 2 N–H and O–H groups in total. The number of nitrogens with one attached hydrogen (secondary N) is 2. The number of rotatable bonds is 3. The Kier molecular flexibility index (Phi) is 4.56. The zero-order valence-corrected chi connectivity index (χ0v) is 19.0. The van der Waals surface area contributed by atoms with Crippen LogP contribution in [0.25, 0.3) is 10.8 Å². The number of nitrogens with zero attached hydrogens (tertiary/aromatic N) is 1. The lowest BCUT2D eigenvalue weighted by molar-refractivity contribution is 0.260. The molecule has 0 fully saturated rings. The van der Waals surface area contributed by atoms with E-state index in [-0.39, 0.29) is 12.3 Å². The van der Waals surface area contributed by atoms with Crippen LogP contribution in [0.2, 0.25) is 0 Å². The van der Waals surface area contributed by atoms with Gasteiger partial charge in [0, 0.05) is 22.1 Å². The van der Waals surface area contributed by atoms with Gasteiger partial charge in [-0.05, 0) is 23.1 Å². The molecule has 168 valence electrons. The molecule has 5 aromatic rings. The lowest BCUT2D eigenvalue weighted by atomic mass is 9.92. The summed E-state index contributed by atoms with van der Waals surface area (Å²) in [5.74, 6) is 1.76. The van der Waals surface area contributed by atoms with E-state index < -0.39 is 0 Å². The summed E-state index contributed by atoms with van der Waals surface area (Å²) in [4.78, 5) is 5.19. The van der Waals surface area contributed by atoms with Crippen LogP contribution in [0.5, 0.6) is 5.75 Å². The highest BCUT2D eigenvalue weighted by Crippen LogP contribution is 2.41. The molecule has 2 aliphatic rings. The van der Waals surface area contributed by atoms with E-state index in [9.17, 15) is 0 Å². The van der Waals surface area contributed by atoms with Gasteiger partial charge in [0.25, 0.3) is 0 Å². The maximum Gasteiger partial charge on any atom is 0.196 e. The van der Waals surface area contributed by atoms with Crippen LogP contribution in [0.3, 0.4) is 0 Å².